The molecule has 0 saturated heterocycles. The number of hydrogen-bond acceptors (Lipinski definition) is 4. The molecule has 5 nitrogen and oxygen atoms in total. The molecule has 0 unspecified atom stereocenters. The van der Waals surface area contributed by atoms with Gasteiger partial charge in [-0.25, -0.2) is 8.78 Å². The van der Waals surface area contributed by atoms with Crippen LogP contribution in [0.25, 0.3) is 11.3 Å². The van der Waals surface area contributed by atoms with Crippen molar-refractivity contribution < 1.29 is 8.78 Å². The van der Waals surface area contributed by atoms with Gasteiger partial charge in [0.1, 0.15) is 11.6 Å². The van der Waals surface area contributed by atoms with E-state index in [9.17, 15) is 13.6 Å². The van der Waals surface area contributed by atoms with Gasteiger partial charge in [0.05, 0.1) is 34.3 Å². The Labute approximate surface area is 159 Å². The zero-order valence-electron chi connectivity index (χ0n) is 15.5. The van der Waals surface area contributed by atoms with Crippen molar-refractivity contribution in [3.8, 4) is 11.3 Å². The number of halogens is 2. The Balaban J connectivity index is 1.73. The van der Waals surface area contributed by atoms with Crippen LogP contribution in [-0.2, 0) is 5.41 Å². The van der Waals surface area contributed by atoms with Crippen molar-refractivity contribution >= 4 is 0 Å². The number of aromatic nitrogens is 4. The molecule has 3 aromatic rings. The van der Waals surface area contributed by atoms with Crippen molar-refractivity contribution in [2.45, 2.75) is 38.0 Å². The summed E-state index contributed by atoms with van der Waals surface area (Å²) in [5.41, 5.74) is 1.56. The van der Waals surface area contributed by atoms with Gasteiger partial charge in [0.15, 0.2) is 0 Å². The molecule has 0 amide bonds. The third-order valence-corrected chi connectivity index (χ3v) is 6.71. The maximum Gasteiger partial charge on any atom is 0.266 e. The van der Waals surface area contributed by atoms with E-state index in [2.05, 4.69) is 34.0 Å². The molecule has 2 aliphatic carbocycles. The molecule has 28 heavy (non-hydrogen) atoms. The van der Waals surface area contributed by atoms with E-state index in [0.29, 0.717) is 0 Å². The highest BCUT2D eigenvalue weighted by atomic mass is 19.1. The van der Waals surface area contributed by atoms with Crippen LogP contribution in [0.2, 0.25) is 0 Å². The molecule has 2 heterocycles. The summed E-state index contributed by atoms with van der Waals surface area (Å²) in [7, 11) is 0. The molecule has 0 radical (unpaired) electrons. The zero-order chi connectivity index (χ0) is 19.7. The lowest BCUT2D eigenvalue weighted by Gasteiger charge is -2.37. The molecular weight excluding hydrogens is 362 g/mol. The smallest absolute Gasteiger partial charge is 0.266 e. The summed E-state index contributed by atoms with van der Waals surface area (Å²) < 4.78 is 28.5. The predicted molar refractivity (Wildman–Crippen MR) is 98.8 cm³/mol. The monoisotopic (exact) mass is 380 g/mol. The molecule has 1 fully saturated rings. The highest BCUT2D eigenvalue weighted by molar-refractivity contribution is 5.64. The molecule has 5 rings (SSSR count). The van der Waals surface area contributed by atoms with E-state index < -0.39 is 17.0 Å². The number of hydrogen-bond donors (Lipinski definition) is 1. The quantitative estimate of drug-likeness (QED) is 0.736. The summed E-state index contributed by atoms with van der Waals surface area (Å²) in [5.74, 6) is -1.15. The highest BCUT2D eigenvalue weighted by Gasteiger charge is 2.65. The standard InChI is InChI=1S/C21H18F2N4O/c1-20(2)12-6-7-21(20,16-9-25-17(28)10-24-16)19-11(12)8-15(26-27-19)18-13(22)4-3-5-14(18)23/h3-5,8-10,12H,6-7H2,1-2H3,(H,25,28)/t12-,21-/m0/s1. The van der Waals surface area contributed by atoms with Gasteiger partial charge < -0.3 is 4.98 Å². The molecule has 0 spiro atoms. The fraction of sp³-hybridized carbons (Fsp3) is 0.333. The lowest BCUT2D eigenvalue weighted by atomic mass is 9.66. The van der Waals surface area contributed by atoms with Crippen LogP contribution in [0.1, 0.15) is 49.6 Å². The number of H-pyrrole nitrogens is 1. The lowest BCUT2D eigenvalue weighted by Crippen LogP contribution is -2.38. The van der Waals surface area contributed by atoms with E-state index in [0.717, 1.165) is 29.8 Å². The first-order chi connectivity index (χ1) is 13.4. The van der Waals surface area contributed by atoms with Gasteiger partial charge in [0.25, 0.3) is 5.56 Å². The van der Waals surface area contributed by atoms with Crippen molar-refractivity contribution in [1.82, 2.24) is 20.2 Å². The number of nitrogens with one attached hydrogen (secondary N) is 1. The Morgan fingerprint density at radius 3 is 2.61 bits per heavy atom. The minimum atomic E-state index is -0.659. The van der Waals surface area contributed by atoms with E-state index >= 15 is 0 Å². The average molecular weight is 380 g/mol. The molecule has 142 valence electrons. The van der Waals surface area contributed by atoms with Gasteiger partial charge in [-0.15, -0.1) is 5.10 Å². The minimum Gasteiger partial charge on any atom is -0.326 e. The third kappa shape index (κ3) is 1.99. The molecule has 1 N–H and O–H groups in total. The zero-order valence-corrected chi connectivity index (χ0v) is 15.5. The Morgan fingerprint density at radius 1 is 1.18 bits per heavy atom. The van der Waals surface area contributed by atoms with Crippen molar-refractivity contribution in [1.29, 1.82) is 0 Å². The number of nitrogens with zero attached hydrogens (tertiary/aromatic N) is 3. The van der Waals surface area contributed by atoms with Gasteiger partial charge >= 0.3 is 0 Å². The number of fused-ring (bicyclic) bond motifs is 5. The summed E-state index contributed by atoms with van der Waals surface area (Å²) in [5, 5.41) is 8.64. The van der Waals surface area contributed by atoms with Gasteiger partial charge in [-0.1, -0.05) is 19.9 Å². The predicted octanol–water partition coefficient (Wildman–Crippen LogP) is 3.71. The van der Waals surface area contributed by atoms with Crippen LogP contribution in [0.3, 0.4) is 0 Å². The second kappa shape index (κ2) is 5.53. The SMILES string of the molecule is CC1(C)[C@H]2CC[C@]1(c1c[nH]c(=O)cn1)c1nnc(-c3c(F)cccc3F)cc12. The second-order valence-electron chi connectivity index (χ2n) is 8.14. The van der Waals surface area contributed by atoms with Crippen LogP contribution in [0.4, 0.5) is 8.78 Å². The van der Waals surface area contributed by atoms with Crippen LogP contribution in [0, 0.1) is 17.0 Å². The van der Waals surface area contributed by atoms with Crippen LogP contribution >= 0.6 is 0 Å². The third-order valence-electron chi connectivity index (χ3n) is 6.71. The van der Waals surface area contributed by atoms with Crippen molar-refractivity contribution in [2.24, 2.45) is 5.41 Å². The first-order valence-corrected chi connectivity index (χ1v) is 9.24. The molecular formula is C21H18F2N4O. The molecule has 2 bridgehead atoms. The van der Waals surface area contributed by atoms with Gasteiger partial charge in [-0.2, -0.15) is 5.10 Å². The van der Waals surface area contributed by atoms with Crippen LogP contribution in [0.15, 0.2) is 41.5 Å². The fourth-order valence-electron chi connectivity index (χ4n) is 5.33. The summed E-state index contributed by atoms with van der Waals surface area (Å²) in [6, 6.07) is 5.53. The van der Waals surface area contributed by atoms with E-state index in [1.54, 1.807) is 12.3 Å². The molecule has 1 saturated carbocycles. The first kappa shape index (κ1) is 17.2. The molecule has 7 heteroatoms. The fourth-order valence-corrected chi connectivity index (χ4v) is 5.33. The Hall–Kier alpha value is -2.96. The highest BCUT2D eigenvalue weighted by Crippen LogP contribution is 2.69. The summed E-state index contributed by atoms with van der Waals surface area (Å²) in [6.07, 6.45) is 4.67. The first-order valence-electron chi connectivity index (χ1n) is 9.24. The average Bonchev–Trinajstić information content (AvgIpc) is 3.04. The Morgan fingerprint density at radius 2 is 1.93 bits per heavy atom. The van der Waals surface area contributed by atoms with E-state index in [-0.39, 0.29) is 28.1 Å². The van der Waals surface area contributed by atoms with Gasteiger partial charge in [-0.3, -0.25) is 9.78 Å². The largest absolute Gasteiger partial charge is 0.326 e. The molecule has 2 aromatic heterocycles. The maximum absolute atomic E-state index is 14.3. The van der Waals surface area contributed by atoms with Crippen molar-refractivity contribution in [3.05, 3.63) is 75.6 Å². The maximum atomic E-state index is 14.3. The van der Waals surface area contributed by atoms with E-state index in [1.165, 1.54) is 24.4 Å². The van der Waals surface area contributed by atoms with E-state index in [4.69, 9.17) is 0 Å². The number of rotatable bonds is 2. The summed E-state index contributed by atoms with van der Waals surface area (Å²) >= 11 is 0. The van der Waals surface area contributed by atoms with Crippen LogP contribution < -0.4 is 5.56 Å². The lowest BCUT2D eigenvalue weighted by molar-refractivity contribution is 0.242. The van der Waals surface area contributed by atoms with Gasteiger partial charge in [0.2, 0.25) is 0 Å². The topological polar surface area (TPSA) is 71.5 Å². The Bertz CT molecular complexity index is 1130. The Kier molecular flexibility index (Phi) is 3.39. The number of aromatic amines is 1. The van der Waals surface area contributed by atoms with Crippen molar-refractivity contribution in [2.75, 3.05) is 0 Å². The van der Waals surface area contributed by atoms with Gasteiger partial charge in [0, 0.05) is 6.20 Å². The van der Waals surface area contributed by atoms with Crippen molar-refractivity contribution in [3.63, 3.8) is 0 Å². The number of benzene rings is 1. The molecule has 0 aliphatic heterocycles. The van der Waals surface area contributed by atoms with E-state index in [1.807, 2.05) is 0 Å². The second-order valence-corrected chi connectivity index (χ2v) is 8.14. The normalized spacial score (nSPS) is 24.4. The summed E-state index contributed by atoms with van der Waals surface area (Å²) in [4.78, 5) is 18.6. The van der Waals surface area contributed by atoms with Gasteiger partial charge in [-0.05, 0) is 47.9 Å². The molecule has 2 atom stereocenters. The molecule has 2 aliphatic rings. The molecule has 1 aromatic carbocycles. The minimum absolute atomic E-state index is 0.158. The van der Waals surface area contributed by atoms with Crippen LogP contribution in [-0.4, -0.2) is 20.2 Å². The summed E-state index contributed by atoms with van der Waals surface area (Å²) in [6.45, 7) is 4.31. The van der Waals surface area contributed by atoms with Crippen LogP contribution in [0.5, 0.6) is 0 Å².